The van der Waals surface area contributed by atoms with E-state index in [0.29, 0.717) is 23.6 Å². The molecule has 12 heteroatoms. The van der Waals surface area contributed by atoms with E-state index >= 15 is 0 Å². The molecule has 0 bridgehead atoms. The molecule has 2 aromatic carbocycles. The van der Waals surface area contributed by atoms with Gasteiger partial charge in [0, 0.05) is 23.4 Å². The van der Waals surface area contributed by atoms with Crippen LogP contribution in [-0.2, 0) is 19.0 Å². The van der Waals surface area contributed by atoms with Gasteiger partial charge >= 0.3 is 18.3 Å². The van der Waals surface area contributed by atoms with Crippen molar-refractivity contribution in [3.05, 3.63) is 93.8 Å². The Bertz CT molecular complexity index is 1430. The summed E-state index contributed by atoms with van der Waals surface area (Å²) >= 11 is 0. The van der Waals surface area contributed by atoms with E-state index < -0.39 is 53.4 Å². The average molecular weight is 543 g/mol. The van der Waals surface area contributed by atoms with Gasteiger partial charge in [-0.2, -0.15) is 26.3 Å². The Morgan fingerprint density at radius 1 is 0.921 bits per heavy atom. The molecule has 200 valence electrons. The van der Waals surface area contributed by atoms with Crippen molar-refractivity contribution in [2.75, 3.05) is 0 Å². The maximum atomic E-state index is 14.1. The number of halogens is 8. The Balaban J connectivity index is 1.82. The van der Waals surface area contributed by atoms with E-state index in [4.69, 9.17) is 4.74 Å². The molecule has 0 atom stereocenters. The predicted molar refractivity (Wildman–Crippen MR) is 119 cm³/mol. The monoisotopic (exact) mass is 543 g/mol. The van der Waals surface area contributed by atoms with Gasteiger partial charge in [0.15, 0.2) is 5.69 Å². The van der Waals surface area contributed by atoms with E-state index in [1.54, 1.807) is 0 Å². The maximum absolute atomic E-state index is 14.1. The van der Waals surface area contributed by atoms with Crippen LogP contribution < -0.4 is 4.74 Å². The summed E-state index contributed by atoms with van der Waals surface area (Å²) in [5.41, 5.74) is -3.20. The van der Waals surface area contributed by atoms with E-state index in [0.717, 1.165) is 42.6 Å². The van der Waals surface area contributed by atoms with Gasteiger partial charge in [-0.15, -0.1) is 0 Å². The van der Waals surface area contributed by atoms with E-state index in [1.165, 1.54) is 0 Å². The number of hydrogen-bond donors (Lipinski definition) is 1. The number of alkyl halides is 6. The van der Waals surface area contributed by atoms with Crippen molar-refractivity contribution in [1.29, 1.82) is 0 Å². The number of rotatable bonds is 6. The molecule has 4 nitrogen and oxygen atoms in total. The summed E-state index contributed by atoms with van der Waals surface area (Å²) in [7, 11) is 0. The maximum Gasteiger partial charge on any atom is 0.434 e. The highest BCUT2D eigenvalue weighted by molar-refractivity contribution is 5.96. The Morgan fingerprint density at radius 2 is 1.63 bits per heavy atom. The van der Waals surface area contributed by atoms with Crippen LogP contribution >= 0.6 is 0 Å². The first-order valence-corrected chi connectivity index (χ1v) is 11.1. The molecular weight excluding hydrogens is 526 g/mol. The highest BCUT2D eigenvalue weighted by atomic mass is 19.4. The first kappa shape index (κ1) is 27.1. The van der Waals surface area contributed by atoms with E-state index in [1.807, 2.05) is 0 Å². The second-order valence-electron chi connectivity index (χ2n) is 8.47. The third kappa shape index (κ3) is 5.63. The molecule has 1 aliphatic rings. The fourth-order valence-corrected chi connectivity index (χ4v) is 4.24. The molecule has 1 aromatic heterocycles. The number of hydrogen-bond acceptors (Lipinski definition) is 3. The minimum absolute atomic E-state index is 0.0100. The lowest BCUT2D eigenvalue weighted by molar-refractivity contribution is -0.141. The first-order chi connectivity index (χ1) is 17.8. The van der Waals surface area contributed by atoms with Crippen LogP contribution in [0.15, 0.2) is 48.7 Å². The number of ether oxygens (including phenoxy) is 1. The van der Waals surface area contributed by atoms with Gasteiger partial charge in [-0.3, -0.25) is 4.98 Å². The van der Waals surface area contributed by atoms with Gasteiger partial charge in [-0.05, 0) is 72.4 Å². The van der Waals surface area contributed by atoms with E-state index in [9.17, 15) is 45.0 Å². The van der Waals surface area contributed by atoms with Crippen LogP contribution in [0.4, 0.5) is 35.1 Å². The zero-order valence-corrected chi connectivity index (χ0v) is 19.2. The summed E-state index contributed by atoms with van der Waals surface area (Å²) in [6.45, 7) is -0.446. The molecule has 0 saturated heterocycles. The summed E-state index contributed by atoms with van der Waals surface area (Å²) in [5, 5.41) is 9.31. The van der Waals surface area contributed by atoms with Crippen LogP contribution in [0.1, 0.15) is 57.6 Å². The molecule has 0 unspecified atom stereocenters. The molecule has 0 spiro atoms. The fraction of sp³-hybridized carbons (Fsp3) is 0.231. The van der Waals surface area contributed by atoms with Crippen molar-refractivity contribution in [2.45, 2.75) is 38.2 Å². The number of nitrogens with zero attached hydrogens (tertiary/aromatic N) is 1. The third-order valence-electron chi connectivity index (χ3n) is 5.98. The number of carbonyl (C=O) groups is 1. The number of carboxylic acid groups (broad SMARTS) is 1. The van der Waals surface area contributed by atoms with Crippen molar-refractivity contribution in [3.8, 4) is 5.75 Å². The summed E-state index contributed by atoms with van der Waals surface area (Å²) in [6.07, 6.45) is -8.09. The molecule has 1 N–H and O–H groups in total. The van der Waals surface area contributed by atoms with E-state index in [-0.39, 0.29) is 35.3 Å². The largest absolute Gasteiger partial charge is 0.488 e. The van der Waals surface area contributed by atoms with Crippen LogP contribution in [0.5, 0.6) is 5.75 Å². The van der Waals surface area contributed by atoms with Crippen LogP contribution in [0, 0.1) is 11.6 Å². The predicted octanol–water partition coefficient (Wildman–Crippen LogP) is 7.77. The van der Waals surface area contributed by atoms with Gasteiger partial charge in [-0.25, -0.2) is 13.6 Å². The quantitative estimate of drug-likeness (QED) is 0.323. The van der Waals surface area contributed by atoms with Gasteiger partial charge in [0.2, 0.25) is 0 Å². The second-order valence-corrected chi connectivity index (χ2v) is 8.47. The normalized spacial score (nSPS) is 14.2. The minimum atomic E-state index is -5.03. The first-order valence-electron chi connectivity index (χ1n) is 11.1. The van der Waals surface area contributed by atoms with E-state index in [2.05, 4.69) is 4.98 Å². The number of carboxylic acids is 1. The Morgan fingerprint density at radius 3 is 2.26 bits per heavy atom. The minimum Gasteiger partial charge on any atom is -0.488 e. The van der Waals surface area contributed by atoms with Crippen molar-refractivity contribution in [2.24, 2.45) is 0 Å². The summed E-state index contributed by atoms with van der Waals surface area (Å²) in [6, 6.07) is 6.14. The number of aromatic nitrogens is 1. The third-order valence-corrected chi connectivity index (χ3v) is 5.98. The molecule has 1 heterocycles. The highest BCUT2D eigenvalue weighted by Gasteiger charge is 2.38. The van der Waals surface area contributed by atoms with Gasteiger partial charge in [0.05, 0.1) is 11.1 Å². The van der Waals surface area contributed by atoms with Gasteiger partial charge in [0.25, 0.3) is 0 Å². The number of benzene rings is 2. The molecule has 3 aromatic rings. The van der Waals surface area contributed by atoms with Crippen LogP contribution in [0.25, 0.3) is 11.1 Å². The SMILES string of the molecule is O=C(O)c1cc(C2=C(c3cc(C(F)(F)F)ccc3OCc3ccc(F)cc3F)CCC2)cnc1C(F)(F)F. The topological polar surface area (TPSA) is 59.4 Å². The number of aromatic carboxylic acids is 1. The summed E-state index contributed by atoms with van der Waals surface area (Å²) < 4.78 is 113. The lowest BCUT2D eigenvalue weighted by Gasteiger charge is -2.18. The molecule has 0 radical (unpaired) electrons. The molecule has 4 rings (SSSR count). The average Bonchev–Trinajstić information content (AvgIpc) is 3.31. The zero-order valence-electron chi connectivity index (χ0n) is 19.2. The smallest absolute Gasteiger partial charge is 0.434 e. The van der Waals surface area contributed by atoms with Crippen molar-refractivity contribution < 1.29 is 49.8 Å². The summed E-state index contributed by atoms with van der Waals surface area (Å²) in [5.74, 6) is -3.69. The molecule has 0 fully saturated rings. The molecule has 1 aliphatic carbocycles. The fourth-order valence-electron chi connectivity index (χ4n) is 4.24. The summed E-state index contributed by atoms with van der Waals surface area (Å²) in [4.78, 5) is 14.8. The van der Waals surface area contributed by atoms with Gasteiger partial charge in [-0.1, -0.05) is 0 Å². The lowest BCUT2D eigenvalue weighted by Crippen LogP contribution is -2.15. The Labute approximate surface area is 210 Å². The molecule has 0 saturated carbocycles. The standard InChI is InChI=1S/C26H17F8NO3/c27-16-6-4-13(21(28)10-16)12-38-22-7-5-15(25(29,30)31)9-19(22)18-3-1-2-17(18)14-8-20(24(36)37)23(35-11-14)26(32,33)34/h4-11H,1-3,12H2,(H,36,37). The van der Waals surface area contributed by atoms with Crippen molar-refractivity contribution in [1.82, 2.24) is 4.98 Å². The van der Waals surface area contributed by atoms with Gasteiger partial charge in [0.1, 0.15) is 24.0 Å². The van der Waals surface area contributed by atoms with Crippen LogP contribution in [-0.4, -0.2) is 16.1 Å². The number of allylic oxidation sites excluding steroid dienone is 2. The molecule has 0 amide bonds. The zero-order chi connectivity index (χ0) is 27.8. The lowest BCUT2D eigenvalue weighted by atomic mass is 9.94. The highest BCUT2D eigenvalue weighted by Crippen LogP contribution is 2.45. The van der Waals surface area contributed by atoms with Crippen LogP contribution in [0.3, 0.4) is 0 Å². The Hall–Kier alpha value is -3.96. The number of pyridine rings is 1. The van der Waals surface area contributed by atoms with Crippen molar-refractivity contribution in [3.63, 3.8) is 0 Å². The van der Waals surface area contributed by atoms with Crippen molar-refractivity contribution >= 4 is 17.1 Å². The Kier molecular flexibility index (Phi) is 7.18. The van der Waals surface area contributed by atoms with Crippen LogP contribution in [0.2, 0.25) is 0 Å². The molecular formula is C26H17F8NO3. The second kappa shape index (κ2) is 10.1. The van der Waals surface area contributed by atoms with Gasteiger partial charge < -0.3 is 9.84 Å². The molecule has 38 heavy (non-hydrogen) atoms. The molecule has 0 aliphatic heterocycles.